The van der Waals surface area contributed by atoms with Crippen LogP contribution in [0.15, 0.2) is 47.4 Å². The summed E-state index contributed by atoms with van der Waals surface area (Å²) < 4.78 is 22.8. The molecule has 0 bridgehead atoms. The van der Waals surface area contributed by atoms with Crippen molar-refractivity contribution in [1.29, 1.82) is 0 Å². The second kappa shape index (κ2) is 5.26. The van der Waals surface area contributed by atoms with Gasteiger partial charge in [0.05, 0.1) is 10.5 Å². The van der Waals surface area contributed by atoms with Gasteiger partial charge in [-0.25, -0.2) is 13.2 Å². The Labute approximate surface area is 121 Å². The summed E-state index contributed by atoms with van der Waals surface area (Å²) >= 11 is 5.89. The highest BCUT2D eigenvalue weighted by molar-refractivity contribution is 7.90. The van der Waals surface area contributed by atoms with E-state index in [0.29, 0.717) is 16.1 Å². The molecule has 104 valence electrons. The SMILES string of the molecule is CS(=O)(=O)c1ccc(-c2cc(Cl)cc(C(=O)O)c2)cc1. The molecule has 0 amide bonds. The third kappa shape index (κ3) is 3.18. The number of halogens is 1. The van der Waals surface area contributed by atoms with Gasteiger partial charge in [0, 0.05) is 11.3 Å². The first-order valence-corrected chi connectivity index (χ1v) is 7.89. The molecule has 0 aliphatic heterocycles. The number of hydrogen-bond acceptors (Lipinski definition) is 3. The average molecular weight is 311 g/mol. The number of carboxylic acid groups (broad SMARTS) is 1. The summed E-state index contributed by atoms with van der Waals surface area (Å²) in [6.45, 7) is 0. The second-order valence-corrected chi connectivity index (χ2v) is 6.78. The first-order valence-electron chi connectivity index (χ1n) is 5.62. The van der Waals surface area contributed by atoms with Crippen LogP contribution in [0.2, 0.25) is 5.02 Å². The van der Waals surface area contributed by atoms with Crippen LogP contribution < -0.4 is 0 Å². The Balaban J connectivity index is 2.49. The van der Waals surface area contributed by atoms with E-state index >= 15 is 0 Å². The predicted octanol–water partition coefficient (Wildman–Crippen LogP) is 3.11. The fourth-order valence-corrected chi connectivity index (χ4v) is 2.64. The maximum Gasteiger partial charge on any atom is 0.335 e. The molecule has 0 heterocycles. The van der Waals surface area contributed by atoms with E-state index in [4.69, 9.17) is 16.7 Å². The normalized spacial score (nSPS) is 11.3. The zero-order valence-corrected chi connectivity index (χ0v) is 12.1. The summed E-state index contributed by atoms with van der Waals surface area (Å²) in [5, 5.41) is 9.31. The minimum Gasteiger partial charge on any atom is -0.478 e. The van der Waals surface area contributed by atoms with Gasteiger partial charge in [-0.2, -0.15) is 0 Å². The van der Waals surface area contributed by atoms with Gasteiger partial charge in [-0.3, -0.25) is 0 Å². The molecule has 0 aliphatic carbocycles. The third-order valence-electron chi connectivity index (χ3n) is 2.76. The Bertz CT molecular complexity index is 764. The van der Waals surface area contributed by atoms with Crippen molar-refractivity contribution in [2.75, 3.05) is 6.26 Å². The molecular formula is C14H11ClO4S. The van der Waals surface area contributed by atoms with Gasteiger partial charge in [-0.15, -0.1) is 0 Å². The van der Waals surface area contributed by atoms with Crippen LogP contribution in [0.1, 0.15) is 10.4 Å². The molecule has 4 nitrogen and oxygen atoms in total. The van der Waals surface area contributed by atoms with E-state index in [1.54, 1.807) is 18.2 Å². The lowest BCUT2D eigenvalue weighted by Gasteiger charge is -2.06. The molecule has 0 radical (unpaired) electrons. The minimum atomic E-state index is -3.25. The first-order chi connectivity index (χ1) is 9.27. The number of sulfone groups is 1. The Morgan fingerprint density at radius 1 is 1.05 bits per heavy atom. The van der Waals surface area contributed by atoms with E-state index in [9.17, 15) is 13.2 Å². The largest absolute Gasteiger partial charge is 0.478 e. The lowest BCUT2D eigenvalue weighted by atomic mass is 10.0. The van der Waals surface area contributed by atoms with Crippen molar-refractivity contribution in [3.8, 4) is 11.1 Å². The molecule has 0 aromatic heterocycles. The molecule has 0 spiro atoms. The van der Waals surface area contributed by atoms with Gasteiger partial charge < -0.3 is 5.11 Å². The van der Waals surface area contributed by atoms with Crippen molar-refractivity contribution < 1.29 is 18.3 Å². The summed E-state index contributed by atoms with van der Waals surface area (Å²) in [4.78, 5) is 11.2. The molecule has 0 fully saturated rings. The predicted molar refractivity (Wildman–Crippen MR) is 77.0 cm³/mol. The molecule has 1 N–H and O–H groups in total. The van der Waals surface area contributed by atoms with Crippen molar-refractivity contribution in [1.82, 2.24) is 0 Å². The smallest absolute Gasteiger partial charge is 0.335 e. The summed E-state index contributed by atoms with van der Waals surface area (Å²) in [5.74, 6) is -1.07. The van der Waals surface area contributed by atoms with Crippen LogP contribution in [0.3, 0.4) is 0 Å². The standard InChI is InChI=1S/C14H11ClO4S/c1-20(18,19)13-4-2-9(3-5-13)10-6-11(14(16)17)8-12(15)7-10/h2-8H,1H3,(H,16,17). The summed E-state index contributed by atoms with van der Waals surface area (Å²) in [6.07, 6.45) is 1.13. The van der Waals surface area contributed by atoms with Crippen molar-refractivity contribution >= 4 is 27.4 Å². The Kier molecular flexibility index (Phi) is 3.83. The molecule has 0 atom stereocenters. The van der Waals surface area contributed by atoms with E-state index in [1.165, 1.54) is 24.3 Å². The van der Waals surface area contributed by atoms with Crippen LogP contribution in [0, 0.1) is 0 Å². The fourth-order valence-electron chi connectivity index (χ4n) is 1.77. The van der Waals surface area contributed by atoms with Gasteiger partial charge in [0.25, 0.3) is 0 Å². The first kappa shape index (κ1) is 14.6. The van der Waals surface area contributed by atoms with Crippen LogP contribution in [-0.2, 0) is 9.84 Å². The van der Waals surface area contributed by atoms with Gasteiger partial charge >= 0.3 is 5.97 Å². The van der Waals surface area contributed by atoms with Crippen molar-refractivity contribution in [3.63, 3.8) is 0 Å². The highest BCUT2D eigenvalue weighted by Gasteiger charge is 2.10. The molecule has 6 heteroatoms. The van der Waals surface area contributed by atoms with E-state index in [1.807, 2.05) is 0 Å². The van der Waals surface area contributed by atoms with Gasteiger partial charge in [0.15, 0.2) is 9.84 Å². The summed E-state index contributed by atoms with van der Waals surface area (Å²) in [7, 11) is -3.25. The maximum absolute atomic E-state index is 11.4. The third-order valence-corrected chi connectivity index (χ3v) is 4.11. The van der Waals surface area contributed by atoms with Crippen molar-refractivity contribution in [2.24, 2.45) is 0 Å². The molecule has 20 heavy (non-hydrogen) atoms. The van der Waals surface area contributed by atoms with Gasteiger partial charge in [0.2, 0.25) is 0 Å². The molecule has 0 saturated carbocycles. The zero-order chi connectivity index (χ0) is 14.9. The molecular weight excluding hydrogens is 300 g/mol. The summed E-state index contributed by atoms with van der Waals surface area (Å²) in [6, 6.07) is 10.7. The number of carboxylic acids is 1. The lowest BCUT2D eigenvalue weighted by molar-refractivity contribution is 0.0697. The number of benzene rings is 2. The van der Waals surface area contributed by atoms with E-state index < -0.39 is 15.8 Å². The van der Waals surface area contributed by atoms with E-state index in [2.05, 4.69) is 0 Å². The van der Waals surface area contributed by atoms with Crippen molar-refractivity contribution in [3.05, 3.63) is 53.1 Å². The van der Waals surface area contributed by atoms with Crippen LogP contribution in [0.4, 0.5) is 0 Å². The Morgan fingerprint density at radius 2 is 1.65 bits per heavy atom. The van der Waals surface area contributed by atoms with Gasteiger partial charge in [0.1, 0.15) is 0 Å². The molecule has 2 rings (SSSR count). The molecule has 2 aromatic carbocycles. The maximum atomic E-state index is 11.4. The van der Waals surface area contributed by atoms with Crippen LogP contribution in [0.25, 0.3) is 11.1 Å². The van der Waals surface area contributed by atoms with Crippen LogP contribution in [0.5, 0.6) is 0 Å². The highest BCUT2D eigenvalue weighted by Crippen LogP contribution is 2.26. The summed E-state index contributed by atoms with van der Waals surface area (Å²) in [5.41, 5.74) is 1.40. The highest BCUT2D eigenvalue weighted by atomic mass is 35.5. The van der Waals surface area contributed by atoms with Crippen LogP contribution in [-0.4, -0.2) is 25.7 Å². The monoisotopic (exact) mass is 310 g/mol. The number of aromatic carboxylic acids is 1. The zero-order valence-electron chi connectivity index (χ0n) is 10.5. The van der Waals surface area contributed by atoms with Crippen LogP contribution >= 0.6 is 11.6 Å². The number of hydrogen-bond donors (Lipinski definition) is 1. The molecule has 0 unspecified atom stereocenters. The Hall–Kier alpha value is -1.85. The average Bonchev–Trinajstić information content (AvgIpc) is 2.37. The van der Waals surface area contributed by atoms with Crippen molar-refractivity contribution in [2.45, 2.75) is 4.90 Å². The second-order valence-electron chi connectivity index (χ2n) is 4.33. The lowest BCUT2D eigenvalue weighted by Crippen LogP contribution is -1.97. The van der Waals surface area contributed by atoms with Gasteiger partial charge in [-0.1, -0.05) is 23.7 Å². The van der Waals surface area contributed by atoms with Gasteiger partial charge in [-0.05, 0) is 41.5 Å². The fraction of sp³-hybridized carbons (Fsp3) is 0.0714. The minimum absolute atomic E-state index is 0.0830. The molecule has 0 aliphatic rings. The number of carbonyl (C=O) groups is 1. The van der Waals surface area contributed by atoms with E-state index in [0.717, 1.165) is 6.26 Å². The topological polar surface area (TPSA) is 71.4 Å². The quantitative estimate of drug-likeness (QED) is 0.945. The molecule has 0 saturated heterocycles. The van der Waals surface area contributed by atoms with E-state index in [-0.39, 0.29) is 10.5 Å². The Morgan fingerprint density at radius 3 is 2.15 bits per heavy atom. The number of rotatable bonds is 3. The molecule has 2 aromatic rings.